The Bertz CT molecular complexity index is 1080. The van der Waals surface area contributed by atoms with Crippen molar-refractivity contribution in [3.05, 3.63) is 40.4 Å². The number of Topliss-reactive ketones (excluding diaryl/α,β-unsaturated/α-hetero) is 1. The Morgan fingerprint density at radius 3 is 2.59 bits per heavy atom. The van der Waals surface area contributed by atoms with Crippen LogP contribution in [0.5, 0.6) is 17.2 Å². The summed E-state index contributed by atoms with van der Waals surface area (Å²) in [5.74, 6) is 1.42. The van der Waals surface area contributed by atoms with Crippen molar-refractivity contribution in [1.29, 1.82) is 0 Å². The van der Waals surface area contributed by atoms with Crippen LogP contribution in [0.4, 0.5) is 0 Å². The number of benzene rings is 1. The third-order valence-electron chi connectivity index (χ3n) is 7.12. The Kier molecular flexibility index (Phi) is 4.65. The lowest BCUT2D eigenvalue weighted by Gasteiger charge is -2.41. The van der Waals surface area contributed by atoms with E-state index in [9.17, 15) is 9.59 Å². The maximum Gasteiger partial charge on any atom is 0.303 e. The van der Waals surface area contributed by atoms with E-state index in [0.717, 1.165) is 5.57 Å². The van der Waals surface area contributed by atoms with Crippen LogP contribution in [-0.4, -0.2) is 39.4 Å². The number of hydrogen-bond acceptors (Lipinski definition) is 8. The van der Waals surface area contributed by atoms with Gasteiger partial charge in [0, 0.05) is 24.0 Å². The molecule has 8 nitrogen and oxygen atoms in total. The van der Waals surface area contributed by atoms with Crippen LogP contribution in [0.1, 0.15) is 44.4 Å². The number of ketones is 1. The molecule has 0 amide bonds. The van der Waals surface area contributed by atoms with Crippen LogP contribution in [0.3, 0.4) is 0 Å². The molecule has 2 aliphatic carbocycles. The predicted molar refractivity (Wildman–Crippen MR) is 111 cm³/mol. The van der Waals surface area contributed by atoms with Gasteiger partial charge in [0.15, 0.2) is 17.3 Å². The Morgan fingerprint density at radius 1 is 1.12 bits per heavy atom. The highest BCUT2D eigenvalue weighted by atomic mass is 16.7. The number of rotatable bonds is 3. The number of carbonyl (C=O) groups excluding carboxylic acids is 2. The largest absolute Gasteiger partial charge is 0.493 e. The summed E-state index contributed by atoms with van der Waals surface area (Å²) < 4.78 is 34.3. The highest BCUT2D eigenvalue weighted by molar-refractivity contribution is 6.08. The van der Waals surface area contributed by atoms with Gasteiger partial charge in [-0.15, -0.1) is 0 Å². The zero-order valence-electron chi connectivity index (χ0n) is 18.8. The minimum absolute atomic E-state index is 0.0308. The van der Waals surface area contributed by atoms with Gasteiger partial charge in [-0.2, -0.15) is 0 Å². The lowest BCUT2D eigenvalue weighted by molar-refractivity contribution is -0.150. The van der Waals surface area contributed by atoms with Gasteiger partial charge in [-0.3, -0.25) is 9.59 Å². The fourth-order valence-corrected chi connectivity index (χ4v) is 5.36. The van der Waals surface area contributed by atoms with Crippen molar-refractivity contribution in [3.63, 3.8) is 0 Å². The van der Waals surface area contributed by atoms with Crippen LogP contribution >= 0.6 is 0 Å². The molecule has 0 radical (unpaired) electrons. The topological polar surface area (TPSA) is 89.5 Å². The van der Waals surface area contributed by atoms with Gasteiger partial charge >= 0.3 is 5.97 Å². The molecule has 4 aliphatic rings. The molecule has 2 heterocycles. The first-order chi connectivity index (χ1) is 15.3. The molecule has 1 spiro atoms. The summed E-state index contributed by atoms with van der Waals surface area (Å²) in [5.41, 5.74) is 1.13. The molecule has 170 valence electrons. The molecule has 2 aliphatic heterocycles. The van der Waals surface area contributed by atoms with Crippen LogP contribution in [0, 0.1) is 11.8 Å². The van der Waals surface area contributed by atoms with Crippen molar-refractivity contribution in [2.75, 3.05) is 27.6 Å². The van der Waals surface area contributed by atoms with E-state index in [1.807, 2.05) is 12.1 Å². The molecule has 4 atom stereocenters. The van der Waals surface area contributed by atoms with Gasteiger partial charge in [-0.1, -0.05) is 13.8 Å². The summed E-state index contributed by atoms with van der Waals surface area (Å²) in [6.07, 6.45) is 1.92. The van der Waals surface area contributed by atoms with Crippen LogP contribution in [0.25, 0.3) is 0 Å². The molecule has 8 heteroatoms. The molecule has 0 fully saturated rings. The summed E-state index contributed by atoms with van der Waals surface area (Å²) in [6, 6.07) is 1.83. The standard InChI is InChI=1S/C24H26O8/c1-11-6-14-7-16(27-4)21(28-5)23(26)24(14)9-29-22-18(24)15(8-17-20(22)31-10-30-17)19(12(11)2)32-13(3)25/h7-8,11-12,19H,6,9-10H2,1-5H3/t11-,12-,19-,24-/m1/s1. The fraction of sp³-hybridized carbons (Fsp3) is 0.500. The van der Waals surface area contributed by atoms with E-state index < -0.39 is 11.5 Å². The van der Waals surface area contributed by atoms with E-state index in [1.165, 1.54) is 21.1 Å². The number of fused-ring (bicyclic) bond motifs is 2. The number of methoxy groups -OCH3 is 2. The molecule has 0 saturated heterocycles. The number of esters is 1. The summed E-state index contributed by atoms with van der Waals surface area (Å²) >= 11 is 0. The normalized spacial score (nSPS) is 29.8. The summed E-state index contributed by atoms with van der Waals surface area (Å²) in [4.78, 5) is 26.1. The molecule has 5 rings (SSSR count). The van der Waals surface area contributed by atoms with Crippen LogP contribution in [0.2, 0.25) is 0 Å². The van der Waals surface area contributed by atoms with Crippen LogP contribution < -0.4 is 14.2 Å². The molecule has 0 bridgehead atoms. The third kappa shape index (κ3) is 2.61. The molecule has 1 aromatic rings. The van der Waals surface area contributed by atoms with Crippen LogP contribution in [-0.2, 0) is 29.2 Å². The Balaban J connectivity index is 1.85. The molecule has 0 aromatic heterocycles. The Labute approximate surface area is 186 Å². The van der Waals surface area contributed by atoms with Gasteiger partial charge in [-0.25, -0.2) is 0 Å². The summed E-state index contributed by atoms with van der Waals surface area (Å²) in [7, 11) is 2.97. The minimum atomic E-state index is -1.12. The first-order valence-corrected chi connectivity index (χ1v) is 10.7. The van der Waals surface area contributed by atoms with Gasteiger partial charge in [-0.05, 0) is 30.1 Å². The van der Waals surface area contributed by atoms with E-state index >= 15 is 0 Å². The second-order valence-corrected chi connectivity index (χ2v) is 8.77. The van der Waals surface area contributed by atoms with Crippen LogP contribution in [0.15, 0.2) is 29.2 Å². The Hall–Kier alpha value is -3.16. The van der Waals surface area contributed by atoms with Crippen molar-refractivity contribution in [2.24, 2.45) is 11.8 Å². The molecular formula is C24H26O8. The number of ether oxygens (including phenoxy) is 6. The second-order valence-electron chi connectivity index (χ2n) is 8.77. The fourth-order valence-electron chi connectivity index (χ4n) is 5.36. The zero-order valence-corrected chi connectivity index (χ0v) is 18.8. The molecular weight excluding hydrogens is 416 g/mol. The third-order valence-corrected chi connectivity index (χ3v) is 7.12. The molecule has 0 unspecified atom stereocenters. The maximum absolute atomic E-state index is 14.0. The van der Waals surface area contributed by atoms with Gasteiger partial charge in [0.2, 0.25) is 24.1 Å². The molecule has 32 heavy (non-hydrogen) atoms. The van der Waals surface area contributed by atoms with Crippen molar-refractivity contribution in [2.45, 2.75) is 38.7 Å². The number of allylic oxidation sites excluding steroid dienone is 2. The smallest absolute Gasteiger partial charge is 0.303 e. The average Bonchev–Trinajstić information content (AvgIpc) is 3.39. The van der Waals surface area contributed by atoms with Crippen molar-refractivity contribution in [1.82, 2.24) is 0 Å². The lowest BCUT2D eigenvalue weighted by Crippen LogP contribution is -2.46. The SMILES string of the molecule is COC1=C(OC)C(=O)[C@@]23COc4c5c(cc(c42)[C@H](OC(C)=O)[C@H](C)[C@H](C)CC3=C1)OCO5. The van der Waals surface area contributed by atoms with Crippen molar-refractivity contribution in [3.8, 4) is 17.2 Å². The quantitative estimate of drug-likeness (QED) is 0.659. The highest BCUT2D eigenvalue weighted by Gasteiger charge is 2.59. The van der Waals surface area contributed by atoms with Crippen molar-refractivity contribution < 1.29 is 38.0 Å². The number of hydrogen-bond donors (Lipinski definition) is 0. The van der Waals surface area contributed by atoms with E-state index in [2.05, 4.69) is 13.8 Å². The minimum Gasteiger partial charge on any atom is -0.493 e. The van der Waals surface area contributed by atoms with Gasteiger partial charge in [0.1, 0.15) is 18.1 Å². The van der Waals surface area contributed by atoms with Gasteiger partial charge < -0.3 is 28.4 Å². The Morgan fingerprint density at radius 2 is 1.91 bits per heavy atom. The number of carbonyl (C=O) groups is 2. The second kappa shape index (κ2) is 7.18. The van der Waals surface area contributed by atoms with E-state index in [1.54, 1.807) is 0 Å². The zero-order chi connectivity index (χ0) is 22.8. The van der Waals surface area contributed by atoms with Gasteiger partial charge in [0.25, 0.3) is 0 Å². The lowest BCUT2D eigenvalue weighted by atomic mass is 9.62. The average molecular weight is 442 g/mol. The maximum atomic E-state index is 14.0. The first-order valence-electron chi connectivity index (χ1n) is 10.7. The molecule has 1 aromatic carbocycles. The highest BCUT2D eigenvalue weighted by Crippen LogP contribution is 2.61. The summed E-state index contributed by atoms with van der Waals surface area (Å²) in [6.45, 7) is 5.69. The van der Waals surface area contributed by atoms with E-state index in [4.69, 9.17) is 28.4 Å². The van der Waals surface area contributed by atoms with E-state index in [-0.39, 0.29) is 42.7 Å². The predicted octanol–water partition coefficient (Wildman–Crippen LogP) is 3.34. The first kappa shape index (κ1) is 20.7. The monoisotopic (exact) mass is 442 g/mol. The molecule has 0 saturated carbocycles. The van der Waals surface area contributed by atoms with E-state index in [0.29, 0.717) is 40.6 Å². The summed E-state index contributed by atoms with van der Waals surface area (Å²) in [5, 5.41) is 0. The van der Waals surface area contributed by atoms with Crippen molar-refractivity contribution >= 4 is 11.8 Å². The molecule has 0 N–H and O–H groups in total. The van der Waals surface area contributed by atoms with Gasteiger partial charge in [0.05, 0.1) is 14.2 Å².